The summed E-state index contributed by atoms with van der Waals surface area (Å²) in [5, 5.41) is 3.23. The molecule has 0 aromatic carbocycles. The molecule has 1 atom stereocenters. The van der Waals surface area contributed by atoms with E-state index < -0.39 is 0 Å². The van der Waals surface area contributed by atoms with Gasteiger partial charge in [0.15, 0.2) is 0 Å². The molecule has 0 amide bonds. The molecule has 1 N–H and O–H groups in total. The van der Waals surface area contributed by atoms with Gasteiger partial charge in [-0.25, -0.2) is 0 Å². The molecule has 74 valence electrons. The minimum absolute atomic E-state index is 0.246. The van der Waals surface area contributed by atoms with Crippen molar-refractivity contribution in [2.75, 3.05) is 19.1 Å². The van der Waals surface area contributed by atoms with Crippen molar-refractivity contribution in [1.82, 2.24) is 5.32 Å². The second-order valence-corrected chi connectivity index (χ2v) is 3.79. The van der Waals surface area contributed by atoms with Gasteiger partial charge in [-0.2, -0.15) is 0 Å². The molecule has 0 aliphatic heterocycles. The maximum atomic E-state index is 11.7. The van der Waals surface area contributed by atoms with E-state index in [1.807, 2.05) is 0 Å². The number of rotatable bonds is 7. The Kier molecular flexibility index (Phi) is 7.93. The summed E-state index contributed by atoms with van der Waals surface area (Å²) >= 11 is 5.73. The lowest BCUT2D eigenvalue weighted by Gasteiger charge is -2.17. The lowest BCUT2D eigenvalue weighted by atomic mass is 10.1. The zero-order chi connectivity index (χ0) is 9.40. The van der Waals surface area contributed by atoms with Crippen LogP contribution in [0.15, 0.2) is 0 Å². The quantitative estimate of drug-likeness (QED) is 0.487. The molecule has 0 radical (unpaired) electrons. The van der Waals surface area contributed by atoms with Crippen LogP contribution in [0.25, 0.3) is 0 Å². The highest BCUT2D eigenvalue weighted by atomic mass is 35.5. The molecule has 0 spiro atoms. The van der Waals surface area contributed by atoms with Crippen molar-refractivity contribution in [3.8, 4) is 0 Å². The average Bonchev–Trinajstić information content (AvgIpc) is 2.02. The standard InChI is InChI=1S/C9H19ClFN/c1-8(2)6-9(7-10)12-5-3-4-11/h8-9,12H,3-7H2,1-2H3. The lowest BCUT2D eigenvalue weighted by Crippen LogP contribution is -2.32. The zero-order valence-corrected chi connectivity index (χ0v) is 8.70. The van der Waals surface area contributed by atoms with Gasteiger partial charge in [0.05, 0.1) is 6.67 Å². The Morgan fingerprint density at radius 3 is 2.50 bits per heavy atom. The predicted molar refractivity (Wildman–Crippen MR) is 52.6 cm³/mol. The minimum atomic E-state index is -0.246. The van der Waals surface area contributed by atoms with Crippen LogP contribution < -0.4 is 5.32 Å². The van der Waals surface area contributed by atoms with Crippen LogP contribution in [0, 0.1) is 5.92 Å². The molecule has 0 heterocycles. The number of hydrogen-bond acceptors (Lipinski definition) is 1. The van der Waals surface area contributed by atoms with Gasteiger partial charge in [0, 0.05) is 11.9 Å². The molecule has 0 saturated heterocycles. The summed E-state index contributed by atoms with van der Waals surface area (Å²) in [6.07, 6.45) is 1.65. The van der Waals surface area contributed by atoms with E-state index in [0.717, 1.165) is 13.0 Å². The van der Waals surface area contributed by atoms with Crippen LogP contribution in [0.2, 0.25) is 0 Å². The Morgan fingerprint density at radius 2 is 2.08 bits per heavy atom. The summed E-state index contributed by atoms with van der Waals surface area (Å²) in [4.78, 5) is 0. The highest BCUT2D eigenvalue weighted by Gasteiger charge is 2.07. The van der Waals surface area contributed by atoms with Gasteiger partial charge in [0.2, 0.25) is 0 Å². The molecule has 0 fully saturated rings. The second-order valence-electron chi connectivity index (χ2n) is 3.48. The van der Waals surface area contributed by atoms with Crippen molar-refractivity contribution in [2.24, 2.45) is 5.92 Å². The van der Waals surface area contributed by atoms with Crippen LogP contribution in [0.4, 0.5) is 4.39 Å². The lowest BCUT2D eigenvalue weighted by molar-refractivity contribution is 0.412. The average molecular weight is 196 g/mol. The van der Waals surface area contributed by atoms with E-state index in [-0.39, 0.29) is 6.67 Å². The van der Waals surface area contributed by atoms with Crippen molar-refractivity contribution in [3.05, 3.63) is 0 Å². The Labute approximate surface area is 79.7 Å². The monoisotopic (exact) mass is 195 g/mol. The van der Waals surface area contributed by atoms with E-state index in [0.29, 0.717) is 24.3 Å². The van der Waals surface area contributed by atoms with E-state index in [2.05, 4.69) is 19.2 Å². The van der Waals surface area contributed by atoms with Gasteiger partial charge in [-0.15, -0.1) is 11.6 Å². The largest absolute Gasteiger partial charge is 0.313 e. The van der Waals surface area contributed by atoms with E-state index in [4.69, 9.17) is 11.6 Å². The van der Waals surface area contributed by atoms with Crippen molar-refractivity contribution >= 4 is 11.6 Å². The summed E-state index contributed by atoms with van der Waals surface area (Å²) < 4.78 is 11.7. The summed E-state index contributed by atoms with van der Waals surface area (Å²) in [6, 6.07) is 0.346. The first-order chi connectivity index (χ1) is 5.70. The van der Waals surface area contributed by atoms with Crippen LogP contribution in [0.1, 0.15) is 26.7 Å². The maximum Gasteiger partial charge on any atom is 0.0906 e. The molecule has 0 aliphatic rings. The fraction of sp³-hybridized carbons (Fsp3) is 1.00. The molecule has 0 aromatic rings. The maximum absolute atomic E-state index is 11.7. The predicted octanol–water partition coefficient (Wildman–Crippen LogP) is 2.59. The number of halogens is 2. The molecule has 1 unspecified atom stereocenters. The molecule has 0 rings (SSSR count). The van der Waals surface area contributed by atoms with Crippen LogP contribution in [-0.4, -0.2) is 25.1 Å². The van der Waals surface area contributed by atoms with Gasteiger partial charge in [-0.05, 0) is 25.3 Å². The molecule has 0 aromatic heterocycles. The first-order valence-corrected chi connectivity index (χ1v) is 5.09. The molecule has 0 saturated carbocycles. The third kappa shape index (κ3) is 6.86. The van der Waals surface area contributed by atoms with Crippen LogP contribution in [0.3, 0.4) is 0 Å². The SMILES string of the molecule is CC(C)CC(CCl)NCCCF. The van der Waals surface area contributed by atoms with Crippen molar-refractivity contribution < 1.29 is 4.39 Å². The smallest absolute Gasteiger partial charge is 0.0906 e. The highest BCUT2D eigenvalue weighted by molar-refractivity contribution is 6.18. The Balaban J connectivity index is 3.39. The summed E-state index contributed by atoms with van der Waals surface area (Å²) in [5.41, 5.74) is 0. The van der Waals surface area contributed by atoms with Gasteiger partial charge in [-0.3, -0.25) is 4.39 Å². The van der Waals surface area contributed by atoms with Crippen molar-refractivity contribution in [2.45, 2.75) is 32.7 Å². The molecule has 0 aliphatic carbocycles. The normalized spacial score (nSPS) is 13.8. The molecular weight excluding hydrogens is 177 g/mol. The molecule has 1 nitrogen and oxygen atoms in total. The van der Waals surface area contributed by atoms with E-state index in [1.54, 1.807) is 0 Å². The summed E-state index contributed by atoms with van der Waals surface area (Å²) in [5.74, 6) is 1.26. The van der Waals surface area contributed by atoms with Gasteiger partial charge in [0.25, 0.3) is 0 Å². The van der Waals surface area contributed by atoms with Crippen molar-refractivity contribution in [3.63, 3.8) is 0 Å². The fourth-order valence-corrected chi connectivity index (χ4v) is 1.38. The van der Waals surface area contributed by atoms with Crippen LogP contribution in [-0.2, 0) is 0 Å². The van der Waals surface area contributed by atoms with E-state index in [9.17, 15) is 4.39 Å². The van der Waals surface area contributed by atoms with Gasteiger partial charge in [-0.1, -0.05) is 13.8 Å². The van der Waals surface area contributed by atoms with Crippen LogP contribution >= 0.6 is 11.6 Å². The number of alkyl halides is 2. The fourth-order valence-electron chi connectivity index (χ4n) is 1.14. The third-order valence-corrected chi connectivity index (χ3v) is 2.06. The number of nitrogens with one attached hydrogen (secondary N) is 1. The second kappa shape index (κ2) is 7.81. The Bertz CT molecular complexity index is 98.5. The highest BCUT2D eigenvalue weighted by Crippen LogP contribution is 2.05. The Hall–Kier alpha value is 0.180. The minimum Gasteiger partial charge on any atom is -0.313 e. The first kappa shape index (κ1) is 12.2. The summed E-state index contributed by atoms with van der Waals surface area (Å²) in [6.45, 7) is 4.82. The zero-order valence-electron chi connectivity index (χ0n) is 7.95. The molecule has 12 heavy (non-hydrogen) atoms. The van der Waals surface area contributed by atoms with Gasteiger partial charge >= 0.3 is 0 Å². The van der Waals surface area contributed by atoms with Crippen molar-refractivity contribution in [1.29, 1.82) is 0 Å². The van der Waals surface area contributed by atoms with Crippen LogP contribution in [0.5, 0.6) is 0 Å². The van der Waals surface area contributed by atoms with E-state index in [1.165, 1.54) is 0 Å². The molecule has 3 heteroatoms. The third-order valence-electron chi connectivity index (χ3n) is 1.69. The van der Waals surface area contributed by atoms with Gasteiger partial charge in [0.1, 0.15) is 0 Å². The Morgan fingerprint density at radius 1 is 1.42 bits per heavy atom. The first-order valence-electron chi connectivity index (χ1n) is 4.56. The van der Waals surface area contributed by atoms with Gasteiger partial charge < -0.3 is 5.32 Å². The number of hydrogen-bond donors (Lipinski definition) is 1. The topological polar surface area (TPSA) is 12.0 Å². The summed E-state index contributed by atoms with van der Waals surface area (Å²) in [7, 11) is 0. The van der Waals surface area contributed by atoms with E-state index >= 15 is 0 Å². The molecular formula is C9H19ClFN. The molecule has 0 bridgehead atoms.